The van der Waals surface area contributed by atoms with Crippen LogP contribution in [-0.4, -0.2) is 20.8 Å². The van der Waals surface area contributed by atoms with E-state index in [-0.39, 0.29) is 0 Å². The molecule has 0 saturated carbocycles. The maximum absolute atomic E-state index is 5.81. The van der Waals surface area contributed by atoms with Gasteiger partial charge in [-0.05, 0) is 38.1 Å². The third-order valence-corrected chi connectivity index (χ3v) is 3.89. The molecule has 0 fully saturated rings. The minimum Gasteiger partial charge on any atom is -0.496 e. The highest BCUT2D eigenvalue weighted by molar-refractivity contribution is 5.38. The molecular weight excluding hydrogens is 262 g/mol. The number of hydrogen-bond acceptors (Lipinski definition) is 3. The third kappa shape index (κ3) is 6.49. The van der Waals surface area contributed by atoms with Crippen LogP contribution in [0.3, 0.4) is 0 Å². The monoisotopic (exact) mass is 293 g/mol. The summed E-state index contributed by atoms with van der Waals surface area (Å²) in [6.45, 7) is 5.85. The van der Waals surface area contributed by atoms with Crippen molar-refractivity contribution in [2.45, 2.75) is 58.6 Å². The first kappa shape index (κ1) is 18.0. The molecule has 120 valence electrons. The van der Waals surface area contributed by atoms with Gasteiger partial charge in [0, 0.05) is 18.2 Å². The Bertz CT molecular complexity index is 393. The molecule has 0 aliphatic rings. The van der Waals surface area contributed by atoms with Crippen LogP contribution in [0, 0.1) is 0 Å². The fraction of sp³-hybridized carbons (Fsp3) is 0.667. The third-order valence-electron chi connectivity index (χ3n) is 3.89. The molecule has 1 N–H and O–H groups in total. The second kappa shape index (κ2) is 10.6. The predicted molar refractivity (Wildman–Crippen MR) is 88.9 cm³/mol. The number of ether oxygens (including phenoxy) is 2. The van der Waals surface area contributed by atoms with Gasteiger partial charge in [0.25, 0.3) is 0 Å². The highest BCUT2D eigenvalue weighted by atomic mass is 16.5. The summed E-state index contributed by atoms with van der Waals surface area (Å²) >= 11 is 0. The molecule has 0 amide bonds. The lowest BCUT2D eigenvalue weighted by Gasteiger charge is -2.15. The van der Waals surface area contributed by atoms with Gasteiger partial charge in [-0.25, -0.2) is 0 Å². The molecule has 21 heavy (non-hydrogen) atoms. The Hall–Kier alpha value is -1.06. The Balaban J connectivity index is 2.44. The van der Waals surface area contributed by atoms with E-state index in [0.29, 0.717) is 12.6 Å². The summed E-state index contributed by atoms with van der Waals surface area (Å²) in [4.78, 5) is 0. The van der Waals surface area contributed by atoms with Gasteiger partial charge in [-0.15, -0.1) is 0 Å². The van der Waals surface area contributed by atoms with Crippen molar-refractivity contribution < 1.29 is 9.47 Å². The van der Waals surface area contributed by atoms with Crippen molar-refractivity contribution in [1.29, 1.82) is 0 Å². The van der Waals surface area contributed by atoms with Crippen molar-refractivity contribution in [3.8, 4) is 5.75 Å². The summed E-state index contributed by atoms with van der Waals surface area (Å²) in [5.74, 6) is 0.910. The quantitative estimate of drug-likeness (QED) is 0.611. The number of hydrogen-bond donors (Lipinski definition) is 1. The van der Waals surface area contributed by atoms with Gasteiger partial charge < -0.3 is 14.8 Å². The normalized spacial score (nSPS) is 12.4. The number of nitrogens with one attached hydrogen (secondary N) is 1. The number of methoxy groups -OCH3 is 1. The first-order valence-corrected chi connectivity index (χ1v) is 8.14. The van der Waals surface area contributed by atoms with Crippen LogP contribution >= 0.6 is 0 Å². The lowest BCUT2D eigenvalue weighted by molar-refractivity contribution is 0.115. The summed E-state index contributed by atoms with van der Waals surface area (Å²) < 4.78 is 11.2. The van der Waals surface area contributed by atoms with Crippen LogP contribution in [0.1, 0.15) is 63.1 Å². The van der Waals surface area contributed by atoms with Crippen LogP contribution in [0.25, 0.3) is 0 Å². The fourth-order valence-electron chi connectivity index (χ4n) is 2.34. The predicted octanol–water partition coefficient (Wildman–Crippen LogP) is 4.46. The number of unbranched alkanes of at least 4 members (excludes halogenated alkanes) is 4. The van der Waals surface area contributed by atoms with Crippen molar-refractivity contribution in [3.05, 3.63) is 29.3 Å². The maximum Gasteiger partial charge on any atom is 0.124 e. The van der Waals surface area contributed by atoms with Crippen molar-refractivity contribution in [1.82, 2.24) is 5.32 Å². The number of rotatable bonds is 11. The molecule has 0 heterocycles. The average Bonchev–Trinajstić information content (AvgIpc) is 2.53. The topological polar surface area (TPSA) is 30.5 Å². The molecular formula is C18H31NO2. The minimum atomic E-state index is 0.337. The van der Waals surface area contributed by atoms with Crippen molar-refractivity contribution in [2.75, 3.05) is 20.8 Å². The first-order valence-electron chi connectivity index (χ1n) is 8.14. The SMILES string of the molecule is CCCCCCCOCc1cc(C(C)NC)ccc1OC. The molecule has 1 atom stereocenters. The average molecular weight is 293 g/mol. The Kier molecular flexibility index (Phi) is 9.11. The summed E-state index contributed by atoms with van der Waals surface area (Å²) in [6, 6.07) is 6.65. The van der Waals surface area contributed by atoms with E-state index in [0.717, 1.165) is 24.3 Å². The van der Waals surface area contributed by atoms with Crippen LogP contribution in [0.4, 0.5) is 0 Å². The second-order valence-corrected chi connectivity index (χ2v) is 5.55. The molecule has 1 aromatic carbocycles. The lowest BCUT2D eigenvalue weighted by atomic mass is 10.0. The van der Waals surface area contributed by atoms with E-state index in [2.05, 4.69) is 31.3 Å². The smallest absolute Gasteiger partial charge is 0.124 e. The van der Waals surface area contributed by atoms with Crippen molar-refractivity contribution in [3.63, 3.8) is 0 Å². The van der Waals surface area contributed by atoms with Gasteiger partial charge in [-0.2, -0.15) is 0 Å². The molecule has 0 radical (unpaired) electrons. The van der Waals surface area contributed by atoms with E-state index in [1.54, 1.807) is 7.11 Å². The lowest BCUT2D eigenvalue weighted by Crippen LogP contribution is -2.12. The molecule has 3 heteroatoms. The largest absolute Gasteiger partial charge is 0.496 e. The van der Waals surface area contributed by atoms with E-state index in [1.807, 2.05) is 13.1 Å². The minimum absolute atomic E-state index is 0.337. The molecule has 0 bridgehead atoms. The Morgan fingerprint density at radius 3 is 2.57 bits per heavy atom. The van der Waals surface area contributed by atoms with Gasteiger partial charge in [-0.1, -0.05) is 38.7 Å². The second-order valence-electron chi connectivity index (χ2n) is 5.55. The molecule has 1 rings (SSSR count). The summed E-state index contributed by atoms with van der Waals surface area (Å²) in [6.07, 6.45) is 6.35. The molecule has 1 unspecified atom stereocenters. The van der Waals surface area contributed by atoms with Crippen molar-refractivity contribution >= 4 is 0 Å². The maximum atomic E-state index is 5.81. The molecule has 0 saturated heterocycles. The summed E-state index contributed by atoms with van der Waals surface area (Å²) in [5, 5.41) is 3.26. The van der Waals surface area contributed by atoms with Crippen LogP contribution in [0.15, 0.2) is 18.2 Å². The van der Waals surface area contributed by atoms with Gasteiger partial charge in [0.2, 0.25) is 0 Å². The van der Waals surface area contributed by atoms with Gasteiger partial charge in [-0.3, -0.25) is 0 Å². The summed E-state index contributed by atoms with van der Waals surface area (Å²) in [7, 11) is 3.69. The zero-order valence-electron chi connectivity index (χ0n) is 14.1. The highest BCUT2D eigenvalue weighted by Gasteiger charge is 2.08. The summed E-state index contributed by atoms with van der Waals surface area (Å²) in [5.41, 5.74) is 2.39. The molecule has 0 spiro atoms. The zero-order chi connectivity index (χ0) is 15.5. The van der Waals surface area contributed by atoms with E-state index in [1.165, 1.54) is 31.2 Å². The van der Waals surface area contributed by atoms with E-state index in [9.17, 15) is 0 Å². The van der Waals surface area contributed by atoms with Gasteiger partial charge in [0.1, 0.15) is 5.75 Å². The molecule has 0 aliphatic carbocycles. The Morgan fingerprint density at radius 1 is 1.14 bits per heavy atom. The Morgan fingerprint density at radius 2 is 1.90 bits per heavy atom. The van der Waals surface area contributed by atoms with Gasteiger partial charge >= 0.3 is 0 Å². The first-order chi connectivity index (χ1) is 10.2. The van der Waals surface area contributed by atoms with Crippen molar-refractivity contribution in [2.24, 2.45) is 0 Å². The van der Waals surface area contributed by atoms with Crippen LogP contribution < -0.4 is 10.1 Å². The van der Waals surface area contributed by atoms with Crippen LogP contribution in [0.5, 0.6) is 5.75 Å². The molecule has 0 aliphatic heterocycles. The van der Waals surface area contributed by atoms with Crippen LogP contribution in [0.2, 0.25) is 0 Å². The van der Waals surface area contributed by atoms with E-state index < -0.39 is 0 Å². The van der Waals surface area contributed by atoms with Gasteiger partial charge in [0.05, 0.1) is 13.7 Å². The van der Waals surface area contributed by atoms with Crippen LogP contribution in [-0.2, 0) is 11.3 Å². The zero-order valence-corrected chi connectivity index (χ0v) is 14.1. The van der Waals surface area contributed by atoms with E-state index >= 15 is 0 Å². The number of benzene rings is 1. The fourth-order valence-corrected chi connectivity index (χ4v) is 2.34. The van der Waals surface area contributed by atoms with Gasteiger partial charge in [0.15, 0.2) is 0 Å². The highest BCUT2D eigenvalue weighted by Crippen LogP contribution is 2.24. The molecule has 3 nitrogen and oxygen atoms in total. The standard InChI is InChI=1S/C18H31NO2/c1-5-6-7-8-9-12-21-14-17-13-16(15(2)19-3)10-11-18(17)20-4/h10-11,13,15,19H,5-9,12,14H2,1-4H3. The molecule has 0 aromatic heterocycles. The Labute approximate surface area is 130 Å². The molecule has 1 aromatic rings. The van der Waals surface area contributed by atoms with E-state index in [4.69, 9.17) is 9.47 Å².